The number of ether oxygens (including phenoxy) is 1. The third kappa shape index (κ3) is 8.59. The molecule has 0 saturated carbocycles. The van der Waals surface area contributed by atoms with Gasteiger partial charge in [0.2, 0.25) is 11.8 Å². The molecule has 10 nitrogen and oxygen atoms in total. The quantitative estimate of drug-likeness (QED) is 0.127. The maximum absolute atomic E-state index is 12.8. The Labute approximate surface area is 218 Å². The summed E-state index contributed by atoms with van der Waals surface area (Å²) in [5.41, 5.74) is 1.85. The van der Waals surface area contributed by atoms with E-state index in [0.29, 0.717) is 17.5 Å². The molecular weight excluding hydrogens is 492 g/mol. The molecule has 6 N–H and O–H groups in total. The first-order valence-corrected chi connectivity index (χ1v) is 11.7. The van der Waals surface area contributed by atoms with Gasteiger partial charge in [-0.25, -0.2) is 0 Å². The summed E-state index contributed by atoms with van der Waals surface area (Å²) >= 11 is 0. The highest BCUT2D eigenvalue weighted by Gasteiger charge is 2.24. The molecule has 198 valence electrons. The van der Waals surface area contributed by atoms with Crippen LogP contribution in [0.15, 0.2) is 72.8 Å². The molecule has 0 aromatic heterocycles. The van der Waals surface area contributed by atoms with E-state index < -0.39 is 30.2 Å². The summed E-state index contributed by atoms with van der Waals surface area (Å²) in [5.74, 6) is -3.18. The fraction of sp³-hybridized carbons (Fsp3) is 0.179. The lowest BCUT2D eigenvalue weighted by Crippen LogP contribution is -2.48. The summed E-state index contributed by atoms with van der Waals surface area (Å²) in [4.78, 5) is 37.8. The predicted molar refractivity (Wildman–Crippen MR) is 138 cm³/mol. The molecule has 0 aliphatic heterocycles. The van der Waals surface area contributed by atoms with Crippen LogP contribution in [0.3, 0.4) is 0 Å². The Morgan fingerprint density at radius 3 is 2.18 bits per heavy atom. The van der Waals surface area contributed by atoms with Gasteiger partial charge in [0.05, 0.1) is 6.42 Å². The molecule has 0 unspecified atom stereocenters. The van der Waals surface area contributed by atoms with Crippen molar-refractivity contribution in [3.8, 4) is 23.0 Å². The monoisotopic (exact) mass is 520 g/mol. The van der Waals surface area contributed by atoms with Crippen molar-refractivity contribution in [2.24, 2.45) is 0 Å². The second-order valence-electron chi connectivity index (χ2n) is 8.36. The van der Waals surface area contributed by atoms with Crippen LogP contribution in [0, 0.1) is 0 Å². The van der Waals surface area contributed by atoms with Crippen LogP contribution >= 0.6 is 0 Å². The van der Waals surface area contributed by atoms with E-state index in [9.17, 15) is 34.8 Å². The van der Waals surface area contributed by atoms with Crippen LogP contribution in [0.4, 0.5) is 0 Å². The molecule has 0 spiro atoms. The van der Waals surface area contributed by atoms with Gasteiger partial charge in [-0.05, 0) is 53.5 Å². The maximum atomic E-state index is 12.8. The first-order chi connectivity index (χ1) is 18.2. The van der Waals surface area contributed by atoms with Gasteiger partial charge in [0.25, 0.3) is 0 Å². The smallest absolute Gasteiger partial charge is 0.308 e. The SMILES string of the molecule is O=C(/C=C/c1ccc(O)c(O)c1)N[C@@H](CC(=O)OCc1ccccc1)C(=O)NCCc1ccc(O)c(O)c1. The topological polar surface area (TPSA) is 165 Å². The number of carbonyl (C=O) groups excluding carboxylic acids is 3. The average molecular weight is 521 g/mol. The minimum Gasteiger partial charge on any atom is -0.504 e. The molecule has 1 atom stereocenters. The van der Waals surface area contributed by atoms with Gasteiger partial charge in [0.15, 0.2) is 23.0 Å². The molecular formula is C28H28N2O8. The fourth-order valence-electron chi connectivity index (χ4n) is 3.39. The van der Waals surface area contributed by atoms with Crippen LogP contribution in [-0.4, -0.2) is 50.8 Å². The lowest BCUT2D eigenvalue weighted by Gasteiger charge is -2.17. The highest BCUT2D eigenvalue weighted by Crippen LogP contribution is 2.26. The Morgan fingerprint density at radius 1 is 0.816 bits per heavy atom. The molecule has 0 aliphatic rings. The highest BCUT2D eigenvalue weighted by atomic mass is 16.5. The Bertz CT molecular complexity index is 1310. The number of hydrogen-bond acceptors (Lipinski definition) is 8. The normalized spacial score (nSPS) is 11.6. The van der Waals surface area contributed by atoms with Gasteiger partial charge in [-0.2, -0.15) is 0 Å². The number of benzene rings is 3. The Kier molecular flexibility index (Phi) is 9.70. The van der Waals surface area contributed by atoms with Crippen molar-refractivity contribution in [3.05, 3.63) is 89.5 Å². The lowest BCUT2D eigenvalue weighted by molar-refractivity contribution is -0.147. The summed E-state index contributed by atoms with van der Waals surface area (Å²) in [6, 6.07) is 16.0. The van der Waals surface area contributed by atoms with Crippen molar-refractivity contribution in [2.75, 3.05) is 6.54 Å². The van der Waals surface area contributed by atoms with Gasteiger partial charge >= 0.3 is 5.97 Å². The molecule has 2 amide bonds. The van der Waals surface area contributed by atoms with E-state index in [1.807, 2.05) is 6.07 Å². The van der Waals surface area contributed by atoms with Gasteiger partial charge in [-0.1, -0.05) is 42.5 Å². The second kappa shape index (κ2) is 13.4. The summed E-state index contributed by atoms with van der Waals surface area (Å²) < 4.78 is 5.25. The Balaban J connectivity index is 1.62. The molecule has 0 aliphatic carbocycles. The molecule has 0 fully saturated rings. The molecule has 0 bridgehead atoms. The van der Waals surface area contributed by atoms with E-state index in [0.717, 1.165) is 11.6 Å². The predicted octanol–water partition coefficient (Wildman–Crippen LogP) is 2.50. The minimum absolute atomic E-state index is 0.0105. The standard InChI is InChI=1S/C28H28N2O8/c31-22-9-6-18(14-24(22)33)8-11-26(35)30-21(16-27(36)38-17-20-4-2-1-3-5-20)28(37)29-13-12-19-7-10-23(32)25(34)15-19/h1-11,14-15,21,31-34H,12-13,16-17H2,(H,29,37)(H,30,35)/b11-8+/t21-/m0/s1. The van der Waals surface area contributed by atoms with Crippen molar-refractivity contribution in [2.45, 2.75) is 25.5 Å². The van der Waals surface area contributed by atoms with E-state index in [-0.39, 0.29) is 36.1 Å². The zero-order chi connectivity index (χ0) is 27.5. The van der Waals surface area contributed by atoms with Crippen LogP contribution in [0.2, 0.25) is 0 Å². The molecule has 10 heteroatoms. The number of aromatic hydroxyl groups is 4. The lowest BCUT2D eigenvalue weighted by atomic mass is 10.1. The van der Waals surface area contributed by atoms with Crippen molar-refractivity contribution in [1.29, 1.82) is 0 Å². The molecule has 3 rings (SSSR count). The number of carbonyl (C=O) groups is 3. The van der Waals surface area contributed by atoms with Crippen LogP contribution in [0.5, 0.6) is 23.0 Å². The minimum atomic E-state index is -1.24. The van der Waals surface area contributed by atoms with E-state index in [1.54, 1.807) is 30.3 Å². The van der Waals surface area contributed by atoms with Crippen LogP contribution < -0.4 is 10.6 Å². The largest absolute Gasteiger partial charge is 0.504 e. The van der Waals surface area contributed by atoms with Crippen molar-refractivity contribution in [3.63, 3.8) is 0 Å². The van der Waals surface area contributed by atoms with Gasteiger partial charge in [-0.15, -0.1) is 0 Å². The average Bonchev–Trinajstić information content (AvgIpc) is 2.90. The van der Waals surface area contributed by atoms with Crippen molar-refractivity contribution < 1.29 is 39.5 Å². The molecule has 3 aromatic carbocycles. The number of rotatable bonds is 11. The third-order valence-corrected chi connectivity index (χ3v) is 5.43. The van der Waals surface area contributed by atoms with Crippen molar-refractivity contribution in [1.82, 2.24) is 10.6 Å². The number of amides is 2. The number of esters is 1. The first kappa shape index (κ1) is 27.6. The van der Waals surface area contributed by atoms with Crippen LogP contribution in [0.25, 0.3) is 6.08 Å². The van der Waals surface area contributed by atoms with Gasteiger partial charge in [-0.3, -0.25) is 14.4 Å². The summed E-state index contributed by atoms with van der Waals surface area (Å²) in [6.45, 7) is 0.146. The second-order valence-corrected chi connectivity index (χ2v) is 8.36. The number of nitrogens with one attached hydrogen (secondary N) is 2. The molecule has 0 saturated heterocycles. The Morgan fingerprint density at radius 2 is 1.50 bits per heavy atom. The fourth-order valence-corrected chi connectivity index (χ4v) is 3.39. The van der Waals surface area contributed by atoms with E-state index in [1.165, 1.54) is 36.4 Å². The summed E-state index contributed by atoms with van der Waals surface area (Å²) in [7, 11) is 0. The highest BCUT2D eigenvalue weighted by molar-refractivity contribution is 5.96. The third-order valence-electron chi connectivity index (χ3n) is 5.43. The summed E-state index contributed by atoms with van der Waals surface area (Å²) in [6.07, 6.45) is 2.40. The number of phenolic OH excluding ortho intramolecular Hbond substituents is 4. The number of phenols is 4. The molecule has 0 radical (unpaired) electrons. The van der Waals surface area contributed by atoms with Gasteiger partial charge < -0.3 is 35.8 Å². The molecule has 0 heterocycles. The van der Waals surface area contributed by atoms with Gasteiger partial charge in [0.1, 0.15) is 12.6 Å². The van der Waals surface area contributed by atoms with Crippen LogP contribution in [-0.2, 0) is 32.1 Å². The van der Waals surface area contributed by atoms with E-state index >= 15 is 0 Å². The van der Waals surface area contributed by atoms with Crippen LogP contribution in [0.1, 0.15) is 23.1 Å². The van der Waals surface area contributed by atoms with E-state index in [2.05, 4.69) is 10.6 Å². The maximum Gasteiger partial charge on any atom is 0.308 e. The molecule has 3 aromatic rings. The first-order valence-electron chi connectivity index (χ1n) is 11.7. The summed E-state index contributed by atoms with van der Waals surface area (Å²) in [5, 5.41) is 43.2. The Hall–Kier alpha value is -4.99. The molecule has 38 heavy (non-hydrogen) atoms. The zero-order valence-corrected chi connectivity index (χ0v) is 20.3. The van der Waals surface area contributed by atoms with E-state index in [4.69, 9.17) is 4.74 Å². The van der Waals surface area contributed by atoms with Gasteiger partial charge in [0, 0.05) is 12.6 Å². The number of hydrogen-bond donors (Lipinski definition) is 6. The van der Waals surface area contributed by atoms with Crippen molar-refractivity contribution >= 4 is 23.9 Å². The zero-order valence-electron chi connectivity index (χ0n) is 20.3.